The van der Waals surface area contributed by atoms with Gasteiger partial charge in [-0.3, -0.25) is 4.79 Å². The van der Waals surface area contributed by atoms with Crippen LogP contribution in [0.25, 0.3) is 0 Å². The standard InChI is InChI=1S/C30H50O2/c1-19-20(31)9-10-21-26(19,4)12-11-22-27(21,5)15-16-29(7)23-17-25(2,3)13-14-28(23,6)24(32)18-30(22,29)8/h19,21-24,32H,9-18H2,1-8H3/t19-,21?,22?,23?,24+,26+,27-,28-,29-,30+/m0/s1. The van der Waals surface area contributed by atoms with Crippen molar-refractivity contribution in [2.24, 2.45) is 56.2 Å². The zero-order valence-electron chi connectivity index (χ0n) is 22.3. The van der Waals surface area contributed by atoms with Crippen LogP contribution >= 0.6 is 0 Å². The Bertz CT molecular complexity index is 816. The number of ketones is 1. The number of carbonyl (C=O) groups is 1. The minimum atomic E-state index is -0.177. The van der Waals surface area contributed by atoms with Crippen LogP contribution in [0.3, 0.4) is 0 Å². The second-order valence-corrected chi connectivity index (χ2v) is 15.4. The fraction of sp³-hybridized carbons (Fsp3) is 0.967. The van der Waals surface area contributed by atoms with Crippen molar-refractivity contribution in [3.8, 4) is 0 Å². The van der Waals surface area contributed by atoms with Crippen LogP contribution in [0.4, 0.5) is 0 Å². The van der Waals surface area contributed by atoms with Gasteiger partial charge in [0.25, 0.3) is 0 Å². The van der Waals surface area contributed by atoms with Gasteiger partial charge < -0.3 is 5.11 Å². The van der Waals surface area contributed by atoms with Crippen molar-refractivity contribution in [2.45, 2.75) is 126 Å². The molecular weight excluding hydrogens is 392 g/mol. The molecular formula is C30H50O2. The van der Waals surface area contributed by atoms with Crippen LogP contribution in [0.15, 0.2) is 0 Å². The Morgan fingerprint density at radius 1 is 0.688 bits per heavy atom. The first-order chi connectivity index (χ1) is 14.6. The topological polar surface area (TPSA) is 37.3 Å². The van der Waals surface area contributed by atoms with Crippen LogP contribution in [0.1, 0.15) is 120 Å². The zero-order chi connectivity index (χ0) is 23.5. The van der Waals surface area contributed by atoms with Gasteiger partial charge in [0.1, 0.15) is 5.78 Å². The van der Waals surface area contributed by atoms with Gasteiger partial charge in [0.05, 0.1) is 6.10 Å². The Hall–Kier alpha value is -0.370. The van der Waals surface area contributed by atoms with Crippen LogP contribution in [0.2, 0.25) is 0 Å². The highest BCUT2D eigenvalue weighted by molar-refractivity contribution is 5.82. The summed E-state index contributed by atoms with van der Waals surface area (Å²) in [6.07, 6.45) is 11.4. The number of aliphatic hydroxyl groups is 1. The maximum absolute atomic E-state index is 12.7. The highest BCUT2D eigenvalue weighted by Crippen LogP contribution is 2.78. The minimum Gasteiger partial charge on any atom is -0.393 e. The molecule has 3 unspecified atom stereocenters. The van der Waals surface area contributed by atoms with Crippen molar-refractivity contribution in [1.29, 1.82) is 0 Å². The maximum Gasteiger partial charge on any atom is 0.136 e. The lowest BCUT2D eigenvalue weighted by Gasteiger charge is -2.75. The quantitative estimate of drug-likeness (QED) is 0.423. The van der Waals surface area contributed by atoms with Gasteiger partial charge in [0.15, 0.2) is 0 Å². The lowest BCUT2D eigenvalue weighted by Crippen LogP contribution is -2.70. The summed E-state index contributed by atoms with van der Waals surface area (Å²) in [5.74, 6) is 2.63. The summed E-state index contributed by atoms with van der Waals surface area (Å²) in [7, 11) is 0. The number of rotatable bonds is 0. The summed E-state index contributed by atoms with van der Waals surface area (Å²) in [6, 6.07) is 0. The molecule has 5 aliphatic rings. The van der Waals surface area contributed by atoms with Crippen LogP contribution in [-0.2, 0) is 4.79 Å². The molecule has 0 radical (unpaired) electrons. The van der Waals surface area contributed by atoms with Crippen molar-refractivity contribution in [3.63, 3.8) is 0 Å². The Balaban J connectivity index is 1.57. The van der Waals surface area contributed by atoms with E-state index in [4.69, 9.17) is 0 Å². The molecule has 0 heterocycles. The molecule has 5 fully saturated rings. The van der Waals surface area contributed by atoms with E-state index in [0.29, 0.717) is 39.8 Å². The van der Waals surface area contributed by atoms with Gasteiger partial charge in [-0.05, 0) is 108 Å². The Morgan fingerprint density at radius 3 is 2.03 bits per heavy atom. The maximum atomic E-state index is 12.7. The van der Waals surface area contributed by atoms with Crippen molar-refractivity contribution in [2.75, 3.05) is 0 Å². The van der Waals surface area contributed by atoms with E-state index in [-0.39, 0.29) is 28.3 Å². The van der Waals surface area contributed by atoms with Crippen LogP contribution in [0, 0.1) is 56.2 Å². The number of hydrogen-bond donors (Lipinski definition) is 1. The third kappa shape index (κ3) is 2.66. The van der Waals surface area contributed by atoms with Crippen molar-refractivity contribution < 1.29 is 9.90 Å². The molecule has 0 aliphatic heterocycles. The molecule has 0 bridgehead atoms. The Kier molecular flexibility index (Phi) is 4.85. The van der Waals surface area contributed by atoms with E-state index in [9.17, 15) is 9.90 Å². The van der Waals surface area contributed by atoms with E-state index in [1.54, 1.807) is 0 Å². The second-order valence-electron chi connectivity index (χ2n) is 15.4. The minimum absolute atomic E-state index is 0.0759. The molecule has 0 aromatic heterocycles. The molecule has 1 N–H and O–H groups in total. The van der Waals surface area contributed by atoms with E-state index in [0.717, 1.165) is 19.3 Å². The van der Waals surface area contributed by atoms with Crippen molar-refractivity contribution in [1.82, 2.24) is 0 Å². The SMILES string of the molecule is C[C@H]1C(=O)CCC2[C@]3(C)CC[C@@]4(C)C5CC(C)(C)CC[C@]5(C)[C@H](O)C[C@]4(C)C3CC[C@@]21C. The van der Waals surface area contributed by atoms with Crippen LogP contribution < -0.4 is 0 Å². The Morgan fingerprint density at radius 2 is 1.34 bits per heavy atom. The molecule has 0 saturated heterocycles. The molecule has 182 valence electrons. The van der Waals surface area contributed by atoms with Gasteiger partial charge in [0, 0.05) is 12.3 Å². The summed E-state index contributed by atoms with van der Waals surface area (Å²) in [5.41, 5.74) is 1.41. The molecule has 0 amide bonds. The van der Waals surface area contributed by atoms with Gasteiger partial charge in [0.2, 0.25) is 0 Å². The summed E-state index contributed by atoms with van der Waals surface area (Å²) in [4.78, 5) is 12.7. The molecule has 0 aromatic carbocycles. The average molecular weight is 443 g/mol. The van der Waals surface area contributed by atoms with E-state index >= 15 is 0 Å². The van der Waals surface area contributed by atoms with E-state index in [1.165, 1.54) is 44.9 Å². The number of fused-ring (bicyclic) bond motifs is 7. The summed E-state index contributed by atoms with van der Waals surface area (Å²) in [5, 5.41) is 11.7. The first kappa shape index (κ1) is 23.4. The summed E-state index contributed by atoms with van der Waals surface area (Å²) in [6.45, 7) is 19.9. The Labute approximate surface area is 197 Å². The predicted octanol–water partition coefficient (Wildman–Crippen LogP) is 7.43. The smallest absolute Gasteiger partial charge is 0.136 e. The van der Waals surface area contributed by atoms with Gasteiger partial charge in [-0.1, -0.05) is 55.4 Å². The monoisotopic (exact) mass is 442 g/mol. The van der Waals surface area contributed by atoms with Crippen molar-refractivity contribution >= 4 is 5.78 Å². The second kappa shape index (κ2) is 6.64. The van der Waals surface area contributed by atoms with E-state index in [2.05, 4.69) is 55.4 Å². The molecule has 10 atom stereocenters. The fourth-order valence-corrected chi connectivity index (χ4v) is 11.2. The first-order valence-electron chi connectivity index (χ1n) is 13.8. The van der Waals surface area contributed by atoms with Crippen molar-refractivity contribution in [3.05, 3.63) is 0 Å². The molecule has 32 heavy (non-hydrogen) atoms. The molecule has 5 saturated carbocycles. The number of hydrogen-bond acceptors (Lipinski definition) is 2. The number of carbonyl (C=O) groups excluding carboxylic acids is 1. The number of Topliss-reactive ketones (excluding diaryl/α,β-unsaturated/α-hetero) is 1. The van der Waals surface area contributed by atoms with Crippen LogP contribution in [-0.4, -0.2) is 17.0 Å². The van der Waals surface area contributed by atoms with E-state index < -0.39 is 0 Å². The largest absolute Gasteiger partial charge is 0.393 e. The highest BCUT2D eigenvalue weighted by atomic mass is 16.3. The lowest BCUT2D eigenvalue weighted by molar-refractivity contribution is -0.280. The molecule has 2 nitrogen and oxygen atoms in total. The zero-order valence-corrected chi connectivity index (χ0v) is 22.3. The van der Waals surface area contributed by atoms with Gasteiger partial charge in [-0.2, -0.15) is 0 Å². The van der Waals surface area contributed by atoms with Gasteiger partial charge in [-0.15, -0.1) is 0 Å². The fourth-order valence-electron chi connectivity index (χ4n) is 11.2. The normalized spacial score (nSPS) is 59.4. The molecule has 5 rings (SSSR count). The van der Waals surface area contributed by atoms with Crippen LogP contribution in [0.5, 0.6) is 0 Å². The molecule has 0 spiro atoms. The average Bonchev–Trinajstić information content (AvgIpc) is 2.70. The predicted molar refractivity (Wildman–Crippen MR) is 131 cm³/mol. The highest BCUT2D eigenvalue weighted by Gasteiger charge is 2.72. The first-order valence-corrected chi connectivity index (χ1v) is 13.8. The molecule has 5 aliphatic carbocycles. The van der Waals surface area contributed by atoms with Gasteiger partial charge in [-0.25, -0.2) is 0 Å². The summed E-state index contributed by atoms with van der Waals surface area (Å²) < 4.78 is 0. The molecule has 0 aromatic rings. The molecule has 2 heteroatoms. The summed E-state index contributed by atoms with van der Waals surface area (Å²) >= 11 is 0. The third-order valence-corrected chi connectivity index (χ3v) is 13.8. The number of aliphatic hydroxyl groups excluding tert-OH is 1. The van der Waals surface area contributed by atoms with Gasteiger partial charge >= 0.3 is 0 Å². The third-order valence-electron chi connectivity index (χ3n) is 13.8. The lowest BCUT2D eigenvalue weighted by atomic mass is 9.29. The van der Waals surface area contributed by atoms with E-state index in [1.807, 2.05) is 0 Å².